The van der Waals surface area contributed by atoms with E-state index in [-0.39, 0.29) is 17.6 Å². The van der Waals surface area contributed by atoms with Crippen molar-refractivity contribution in [3.8, 4) is 0 Å². The minimum absolute atomic E-state index is 0.125. The van der Waals surface area contributed by atoms with Gasteiger partial charge in [-0.25, -0.2) is 0 Å². The monoisotopic (exact) mass is 302 g/mol. The number of ether oxygens (including phenoxy) is 2. The number of aliphatic hydroxyl groups is 1. The summed E-state index contributed by atoms with van der Waals surface area (Å²) in [4.78, 5) is 2.32. The van der Waals surface area contributed by atoms with Crippen LogP contribution in [0.2, 0.25) is 0 Å². The molecule has 126 valence electrons. The number of methoxy groups -OCH3 is 1. The SMILES string of the molecule is COCCN(CCO)CC1(CNC(C)(C)C)CCOCC1. The van der Waals surface area contributed by atoms with E-state index >= 15 is 0 Å². The Morgan fingerprint density at radius 3 is 2.43 bits per heavy atom. The highest BCUT2D eigenvalue weighted by molar-refractivity contribution is 4.89. The van der Waals surface area contributed by atoms with E-state index in [0.717, 1.165) is 45.7 Å². The quantitative estimate of drug-likeness (QED) is 0.668. The summed E-state index contributed by atoms with van der Waals surface area (Å²) in [5.74, 6) is 0. The Bertz CT molecular complexity index is 273. The molecule has 1 aliphatic rings. The van der Waals surface area contributed by atoms with E-state index in [1.54, 1.807) is 7.11 Å². The van der Waals surface area contributed by atoms with Crippen LogP contribution in [0.4, 0.5) is 0 Å². The van der Waals surface area contributed by atoms with Gasteiger partial charge in [0.1, 0.15) is 0 Å². The first-order chi connectivity index (χ1) is 9.91. The minimum Gasteiger partial charge on any atom is -0.395 e. The van der Waals surface area contributed by atoms with Gasteiger partial charge in [0.15, 0.2) is 0 Å². The molecule has 0 atom stereocenters. The van der Waals surface area contributed by atoms with Crippen LogP contribution in [0.1, 0.15) is 33.6 Å². The minimum atomic E-state index is 0.125. The Labute approximate surface area is 130 Å². The van der Waals surface area contributed by atoms with Crippen molar-refractivity contribution < 1.29 is 14.6 Å². The van der Waals surface area contributed by atoms with E-state index in [0.29, 0.717) is 13.2 Å². The van der Waals surface area contributed by atoms with Gasteiger partial charge in [0.2, 0.25) is 0 Å². The zero-order valence-corrected chi connectivity index (χ0v) is 14.3. The maximum absolute atomic E-state index is 9.29. The molecular weight excluding hydrogens is 268 g/mol. The second-order valence-corrected chi connectivity index (χ2v) is 7.21. The molecule has 0 aliphatic carbocycles. The van der Waals surface area contributed by atoms with Crippen molar-refractivity contribution in [2.45, 2.75) is 39.2 Å². The molecule has 0 aromatic rings. The summed E-state index contributed by atoms with van der Waals surface area (Å²) in [7, 11) is 1.72. The fourth-order valence-electron chi connectivity index (χ4n) is 2.75. The Hall–Kier alpha value is -0.200. The molecule has 0 amide bonds. The van der Waals surface area contributed by atoms with Gasteiger partial charge in [-0.05, 0) is 39.0 Å². The molecule has 0 unspecified atom stereocenters. The molecule has 1 heterocycles. The second-order valence-electron chi connectivity index (χ2n) is 7.21. The first kappa shape index (κ1) is 18.8. The fraction of sp³-hybridized carbons (Fsp3) is 1.00. The van der Waals surface area contributed by atoms with E-state index in [1.165, 1.54) is 0 Å². The molecule has 1 fully saturated rings. The molecule has 1 rings (SSSR count). The lowest BCUT2D eigenvalue weighted by molar-refractivity contribution is -0.0125. The van der Waals surface area contributed by atoms with Crippen LogP contribution >= 0.6 is 0 Å². The van der Waals surface area contributed by atoms with E-state index < -0.39 is 0 Å². The zero-order valence-electron chi connectivity index (χ0n) is 14.3. The van der Waals surface area contributed by atoms with Gasteiger partial charge < -0.3 is 19.9 Å². The highest BCUT2D eigenvalue weighted by Gasteiger charge is 2.35. The van der Waals surface area contributed by atoms with E-state index in [2.05, 4.69) is 31.0 Å². The van der Waals surface area contributed by atoms with Crippen LogP contribution in [-0.2, 0) is 9.47 Å². The average molecular weight is 302 g/mol. The maximum Gasteiger partial charge on any atom is 0.0589 e. The standard InChI is InChI=1S/C16H34N2O3/c1-15(2,3)17-13-16(5-10-21-11-6-16)14-18(7-9-19)8-12-20-4/h17,19H,5-14H2,1-4H3. The van der Waals surface area contributed by atoms with Crippen molar-refractivity contribution in [2.24, 2.45) is 5.41 Å². The van der Waals surface area contributed by atoms with Crippen molar-refractivity contribution in [2.75, 3.05) is 59.7 Å². The average Bonchev–Trinajstić information content (AvgIpc) is 2.43. The van der Waals surface area contributed by atoms with Crippen LogP contribution in [0.5, 0.6) is 0 Å². The van der Waals surface area contributed by atoms with Crippen LogP contribution in [-0.4, -0.2) is 75.3 Å². The third kappa shape index (κ3) is 7.56. The van der Waals surface area contributed by atoms with Crippen LogP contribution in [0.25, 0.3) is 0 Å². The lowest BCUT2D eigenvalue weighted by Crippen LogP contribution is -2.52. The van der Waals surface area contributed by atoms with Gasteiger partial charge in [0.05, 0.1) is 13.2 Å². The van der Waals surface area contributed by atoms with E-state index in [4.69, 9.17) is 9.47 Å². The molecule has 0 bridgehead atoms. The molecule has 5 heteroatoms. The normalized spacial score (nSPS) is 19.1. The van der Waals surface area contributed by atoms with Crippen molar-refractivity contribution in [3.63, 3.8) is 0 Å². The molecular formula is C16H34N2O3. The van der Waals surface area contributed by atoms with Gasteiger partial charge in [0.25, 0.3) is 0 Å². The maximum atomic E-state index is 9.29. The summed E-state index contributed by atoms with van der Waals surface area (Å²) in [6.45, 7) is 12.8. The topological polar surface area (TPSA) is 54.0 Å². The summed E-state index contributed by atoms with van der Waals surface area (Å²) >= 11 is 0. The molecule has 5 nitrogen and oxygen atoms in total. The lowest BCUT2D eigenvalue weighted by Gasteiger charge is -2.42. The van der Waals surface area contributed by atoms with Gasteiger partial charge >= 0.3 is 0 Å². The van der Waals surface area contributed by atoms with Crippen LogP contribution in [0.3, 0.4) is 0 Å². The largest absolute Gasteiger partial charge is 0.395 e. The summed E-state index contributed by atoms with van der Waals surface area (Å²) in [5.41, 5.74) is 0.355. The smallest absolute Gasteiger partial charge is 0.0589 e. The van der Waals surface area contributed by atoms with Gasteiger partial charge in [0, 0.05) is 52.0 Å². The van der Waals surface area contributed by atoms with E-state index in [9.17, 15) is 5.11 Å². The Balaban J connectivity index is 2.65. The summed E-state index contributed by atoms with van der Waals surface area (Å²) in [6, 6.07) is 0. The fourth-order valence-corrected chi connectivity index (χ4v) is 2.75. The zero-order chi connectivity index (χ0) is 15.8. The molecule has 21 heavy (non-hydrogen) atoms. The molecule has 0 saturated carbocycles. The summed E-state index contributed by atoms with van der Waals surface area (Å²) in [6.07, 6.45) is 2.15. The third-order valence-corrected chi connectivity index (χ3v) is 4.13. The molecule has 0 aromatic carbocycles. The molecule has 0 radical (unpaired) electrons. The summed E-state index contributed by atoms with van der Waals surface area (Å²) in [5, 5.41) is 12.9. The van der Waals surface area contributed by atoms with Crippen LogP contribution < -0.4 is 5.32 Å². The Morgan fingerprint density at radius 2 is 1.90 bits per heavy atom. The van der Waals surface area contributed by atoms with Crippen LogP contribution in [0, 0.1) is 5.41 Å². The van der Waals surface area contributed by atoms with Gasteiger partial charge in [-0.15, -0.1) is 0 Å². The van der Waals surface area contributed by atoms with Crippen molar-refractivity contribution in [1.82, 2.24) is 10.2 Å². The second kappa shape index (κ2) is 9.06. The number of aliphatic hydroxyl groups excluding tert-OH is 1. The van der Waals surface area contributed by atoms with Gasteiger partial charge in [-0.2, -0.15) is 0 Å². The molecule has 2 N–H and O–H groups in total. The summed E-state index contributed by atoms with van der Waals surface area (Å²) < 4.78 is 10.8. The van der Waals surface area contributed by atoms with Crippen molar-refractivity contribution >= 4 is 0 Å². The highest BCUT2D eigenvalue weighted by atomic mass is 16.5. The lowest BCUT2D eigenvalue weighted by atomic mass is 9.79. The molecule has 1 aliphatic heterocycles. The Morgan fingerprint density at radius 1 is 1.24 bits per heavy atom. The predicted octanol–water partition coefficient (Wildman–Crippen LogP) is 1.11. The highest BCUT2D eigenvalue weighted by Crippen LogP contribution is 2.31. The van der Waals surface area contributed by atoms with Crippen molar-refractivity contribution in [1.29, 1.82) is 0 Å². The number of nitrogens with one attached hydrogen (secondary N) is 1. The van der Waals surface area contributed by atoms with Gasteiger partial charge in [-0.1, -0.05) is 0 Å². The first-order valence-corrected chi connectivity index (χ1v) is 8.06. The van der Waals surface area contributed by atoms with Crippen molar-refractivity contribution in [3.05, 3.63) is 0 Å². The number of rotatable bonds is 9. The van der Waals surface area contributed by atoms with E-state index in [1.807, 2.05) is 0 Å². The molecule has 0 aromatic heterocycles. The predicted molar refractivity (Wildman–Crippen MR) is 85.6 cm³/mol. The molecule has 0 spiro atoms. The number of hydrogen-bond donors (Lipinski definition) is 2. The third-order valence-electron chi connectivity index (χ3n) is 4.13. The van der Waals surface area contributed by atoms with Gasteiger partial charge in [-0.3, -0.25) is 4.90 Å². The Kier molecular flexibility index (Phi) is 8.13. The van der Waals surface area contributed by atoms with Crippen LogP contribution in [0.15, 0.2) is 0 Å². The first-order valence-electron chi connectivity index (χ1n) is 8.06. The number of hydrogen-bond acceptors (Lipinski definition) is 5. The molecule has 1 saturated heterocycles. The number of nitrogens with zero attached hydrogens (tertiary/aromatic N) is 1.